The second-order valence-electron chi connectivity index (χ2n) is 2.26. The molecule has 0 aromatic carbocycles. The lowest BCUT2D eigenvalue weighted by Gasteiger charge is -2.09. The minimum atomic E-state index is -1.59. The van der Waals surface area contributed by atoms with Crippen LogP contribution >= 0.6 is 0 Å². The van der Waals surface area contributed by atoms with E-state index in [4.69, 9.17) is 18.1 Å². The van der Waals surface area contributed by atoms with Gasteiger partial charge in [0.05, 0.1) is 12.6 Å². The summed E-state index contributed by atoms with van der Waals surface area (Å²) in [6.45, 7) is -0.407. The van der Waals surface area contributed by atoms with Crippen LogP contribution in [-0.2, 0) is 4.74 Å². The van der Waals surface area contributed by atoms with Gasteiger partial charge in [0, 0.05) is 0 Å². The number of hydrogen-bond acceptors (Lipinski definition) is 3. The van der Waals surface area contributed by atoms with Gasteiger partial charge in [-0.2, -0.15) is 0 Å². The standard InChI is InChI=1S/C5H8BFO3/c6-5-3(7)4(9)2(1-8)10-5/h2-5,8-9H,1H2/t2-,3?,4+,5-/m1/s1. The number of halogens is 1. The maximum Gasteiger partial charge on any atom is 0.146 e. The molecule has 5 heteroatoms. The first-order chi connectivity index (χ1) is 4.66. The van der Waals surface area contributed by atoms with E-state index >= 15 is 0 Å². The zero-order chi connectivity index (χ0) is 7.72. The van der Waals surface area contributed by atoms with Crippen LogP contribution in [0.2, 0.25) is 0 Å². The maximum atomic E-state index is 12.5. The number of rotatable bonds is 1. The fourth-order valence-electron chi connectivity index (χ4n) is 0.908. The molecule has 0 aromatic rings. The lowest BCUT2D eigenvalue weighted by molar-refractivity contribution is -0.00566. The molecule has 10 heavy (non-hydrogen) atoms. The van der Waals surface area contributed by atoms with Crippen molar-refractivity contribution in [3.05, 3.63) is 0 Å². The van der Waals surface area contributed by atoms with Crippen molar-refractivity contribution in [2.45, 2.75) is 24.4 Å². The Morgan fingerprint density at radius 3 is 2.40 bits per heavy atom. The van der Waals surface area contributed by atoms with Gasteiger partial charge in [-0.25, -0.2) is 4.39 Å². The molecule has 0 saturated carbocycles. The van der Waals surface area contributed by atoms with E-state index in [0.717, 1.165) is 0 Å². The van der Waals surface area contributed by atoms with Crippen LogP contribution in [0.5, 0.6) is 0 Å². The van der Waals surface area contributed by atoms with Gasteiger partial charge in [-0.3, -0.25) is 0 Å². The second-order valence-corrected chi connectivity index (χ2v) is 2.26. The molecule has 4 atom stereocenters. The Labute approximate surface area is 59.2 Å². The summed E-state index contributed by atoms with van der Waals surface area (Å²) < 4.78 is 17.2. The van der Waals surface area contributed by atoms with Gasteiger partial charge >= 0.3 is 0 Å². The molecule has 0 spiro atoms. The van der Waals surface area contributed by atoms with Crippen molar-refractivity contribution in [3.63, 3.8) is 0 Å². The van der Waals surface area contributed by atoms with Crippen molar-refractivity contribution in [2.75, 3.05) is 6.61 Å². The average molecular weight is 146 g/mol. The molecule has 2 N–H and O–H groups in total. The third-order valence-electron chi connectivity index (χ3n) is 1.53. The topological polar surface area (TPSA) is 49.7 Å². The van der Waals surface area contributed by atoms with Crippen molar-refractivity contribution in [1.29, 1.82) is 0 Å². The summed E-state index contributed by atoms with van der Waals surface area (Å²) in [5.41, 5.74) is 0. The van der Waals surface area contributed by atoms with Crippen LogP contribution in [0.15, 0.2) is 0 Å². The van der Waals surface area contributed by atoms with Crippen molar-refractivity contribution < 1.29 is 19.3 Å². The summed E-state index contributed by atoms with van der Waals surface area (Å²) in [4.78, 5) is 0. The van der Waals surface area contributed by atoms with Gasteiger partial charge in [-0.1, -0.05) is 0 Å². The van der Waals surface area contributed by atoms with Crippen LogP contribution in [0.4, 0.5) is 4.39 Å². The van der Waals surface area contributed by atoms with E-state index in [0.29, 0.717) is 0 Å². The molecule has 1 heterocycles. The fourth-order valence-corrected chi connectivity index (χ4v) is 0.908. The van der Waals surface area contributed by atoms with Crippen molar-refractivity contribution >= 4 is 7.85 Å². The van der Waals surface area contributed by atoms with Crippen molar-refractivity contribution in [3.8, 4) is 0 Å². The predicted octanol–water partition coefficient (Wildman–Crippen LogP) is -1.43. The maximum absolute atomic E-state index is 12.5. The molecule has 0 aliphatic carbocycles. The quantitative estimate of drug-likeness (QED) is 0.446. The van der Waals surface area contributed by atoms with Crippen LogP contribution < -0.4 is 0 Å². The summed E-state index contributed by atoms with van der Waals surface area (Å²) in [6.07, 6.45) is -3.75. The van der Waals surface area contributed by atoms with E-state index in [1.54, 1.807) is 0 Å². The van der Waals surface area contributed by atoms with E-state index in [2.05, 4.69) is 4.74 Å². The Morgan fingerprint density at radius 1 is 1.60 bits per heavy atom. The van der Waals surface area contributed by atoms with E-state index < -0.39 is 31.0 Å². The molecule has 1 aliphatic heterocycles. The Bertz CT molecular complexity index is 123. The molecule has 1 fully saturated rings. The molecule has 1 saturated heterocycles. The Hall–Kier alpha value is -0.125. The minimum Gasteiger partial charge on any atom is -0.394 e. The van der Waals surface area contributed by atoms with E-state index in [1.807, 2.05) is 0 Å². The summed E-state index contributed by atoms with van der Waals surface area (Å²) in [5.74, 6) is 0. The lowest BCUT2D eigenvalue weighted by Crippen LogP contribution is -2.30. The highest BCUT2D eigenvalue weighted by Crippen LogP contribution is 2.21. The number of ether oxygens (including phenoxy) is 1. The highest BCUT2D eigenvalue weighted by atomic mass is 19.1. The van der Waals surface area contributed by atoms with Crippen LogP contribution in [-0.4, -0.2) is 49.0 Å². The normalized spacial score (nSPS) is 47.9. The number of aliphatic hydroxyl groups is 2. The van der Waals surface area contributed by atoms with E-state index in [1.165, 1.54) is 0 Å². The lowest BCUT2D eigenvalue weighted by atomic mass is 9.94. The summed E-state index contributed by atoms with van der Waals surface area (Å²) in [5, 5.41) is 17.4. The molecule has 56 valence electrons. The van der Waals surface area contributed by atoms with Gasteiger partial charge in [0.1, 0.15) is 26.2 Å². The number of alkyl halides is 1. The zero-order valence-electron chi connectivity index (χ0n) is 5.27. The monoisotopic (exact) mass is 146 g/mol. The van der Waals surface area contributed by atoms with Crippen molar-refractivity contribution in [2.24, 2.45) is 0 Å². The van der Waals surface area contributed by atoms with Gasteiger partial charge in [0.2, 0.25) is 0 Å². The summed E-state index contributed by atoms with van der Waals surface area (Å²) in [6, 6.07) is -1.10. The molecule has 0 bridgehead atoms. The summed E-state index contributed by atoms with van der Waals surface area (Å²) >= 11 is 0. The smallest absolute Gasteiger partial charge is 0.146 e. The first-order valence-corrected chi connectivity index (χ1v) is 3.01. The molecule has 0 aromatic heterocycles. The Kier molecular flexibility index (Phi) is 2.28. The molecular formula is C5H8BFO3. The van der Waals surface area contributed by atoms with Gasteiger partial charge < -0.3 is 14.9 Å². The first-order valence-electron chi connectivity index (χ1n) is 3.01. The van der Waals surface area contributed by atoms with Crippen LogP contribution in [0.1, 0.15) is 0 Å². The predicted molar refractivity (Wildman–Crippen MR) is 32.4 cm³/mol. The van der Waals surface area contributed by atoms with Gasteiger partial charge in [0.25, 0.3) is 0 Å². The van der Waals surface area contributed by atoms with E-state index in [9.17, 15) is 4.39 Å². The first kappa shape index (κ1) is 7.98. The Morgan fingerprint density at radius 2 is 2.20 bits per heavy atom. The Balaban J connectivity index is 2.53. The third-order valence-corrected chi connectivity index (χ3v) is 1.53. The molecular weight excluding hydrogens is 138 g/mol. The number of aliphatic hydroxyl groups excluding tert-OH is 2. The van der Waals surface area contributed by atoms with Gasteiger partial charge in [0.15, 0.2) is 0 Å². The van der Waals surface area contributed by atoms with Gasteiger partial charge in [-0.05, 0) is 0 Å². The molecule has 1 aliphatic rings. The van der Waals surface area contributed by atoms with Gasteiger partial charge in [-0.15, -0.1) is 0 Å². The third kappa shape index (κ3) is 1.16. The molecule has 3 nitrogen and oxygen atoms in total. The molecule has 0 amide bonds. The van der Waals surface area contributed by atoms with Crippen LogP contribution in [0.3, 0.4) is 0 Å². The highest BCUT2D eigenvalue weighted by Gasteiger charge is 2.40. The minimum absolute atomic E-state index is 0.407. The number of hydrogen-bond donors (Lipinski definition) is 2. The zero-order valence-corrected chi connectivity index (χ0v) is 5.27. The second kappa shape index (κ2) is 2.86. The average Bonchev–Trinajstić information content (AvgIpc) is 2.17. The fraction of sp³-hybridized carbons (Fsp3) is 1.00. The molecule has 1 rings (SSSR count). The molecule has 1 unspecified atom stereocenters. The largest absolute Gasteiger partial charge is 0.394 e. The van der Waals surface area contributed by atoms with E-state index in [-0.39, 0.29) is 0 Å². The SMILES string of the molecule is [B][C@@H]1O[C@H](CO)[C@H](O)C1F. The van der Waals surface area contributed by atoms with Crippen LogP contribution in [0.25, 0.3) is 0 Å². The molecule has 2 radical (unpaired) electrons. The van der Waals surface area contributed by atoms with Crippen molar-refractivity contribution in [1.82, 2.24) is 0 Å². The van der Waals surface area contributed by atoms with Crippen LogP contribution in [0, 0.1) is 0 Å². The highest BCUT2D eigenvalue weighted by molar-refractivity contribution is 6.11. The summed E-state index contributed by atoms with van der Waals surface area (Å²) in [7, 11) is 5.07.